The number of carbonyl (C=O) groups is 5. The Hall–Kier alpha value is -2.78. The summed E-state index contributed by atoms with van der Waals surface area (Å²) in [5.74, 6) is -4.08. The maximum Gasteiger partial charge on any atom is 0.315 e. The second-order valence-electron chi connectivity index (χ2n) is 16.1. The van der Waals surface area contributed by atoms with Gasteiger partial charge in [-0.05, 0) is 65.7 Å². The van der Waals surface area contributed by atoms with E-state index in [1.165, 1.54) is 4.90 Å². The molecule has 2 heterocycles. The van der Waals surface area contributed by atoms with Gasteiger partial charge >= 0.3 is 6.03 Å². The van der Waals surface area contributed by atoms with E-state index in [0.717, 1.165) is 32.1 Å². The number of carbonyl (C=O) groups excluding carboxylic acids is 5. The van der Waals surface area contributed by atoms with E-state index < -0.39 is 91.7 Å². The van der Waals surface area contributed by atoms with Crippen LogP contribution < -0.4 is 21.3 Å². The highest BCUT2D eigenvalue weighted by atomic mass is 32.2. The van der Waals surface area contributed by atoms with Crippen molar-refractivity contribution in [3.05, 3.63) is 0 Å². The summed E-state index contributed by atoms with van der Waals surface area (Å²) in [5, 5.41) is 10.8. The first-order chi connectivity index (χ1) is 21.5. The summed E-state index contributed by atoms with van der Waals surface area (Å²) in [5.41, 5.74) is -1.82. The largest absolute Gasteiger partial charge is 0.347 e. The summed E-state index contributed by atoms with van der Waals surface area (Å²) < 4.78 is 37.5. The Morgan fingerprint density at radius 2 is 1.55 bits per heavy atom. The van der Waals surface area contributed by atoms with Crippen LogP contribution in [0.15, 0.2) is 0 Å². The first-order valence-electron chi connectivity index (χ1n) is 16.6. The van der Waals surface area contributed by atoms with E-state index in [9.17, 15) is 32.4 Å². The maximum absolute atomic E-state index is 14.3. The second kappa shape index (κ2) is 13.3. The van der Waals surface area contributed by atoms with E-state index in [1.54, 1.807) is 55.4 Å². The van der Waals surface area contributed by atoms with Gasteiger partial charge in [-0.15, -0.1) is 0 Å². The Labute approximate surface area is 278 Å². The number of Topliss-reactive ketones (excluding diaryl/α,β-unsaturated/α-hetero) is 1. The molecule has 47 heavy (non-hydrogen) atoms. The van der Waals surface area contributed by atoms with Crippen molar-refractivity contribution in [2.45, 2.75) is 147 Å². The van der Waals surface area contributed by atoms with Crippen LogP contribution in [0, 0.1) is 5.41 Å². The van der Waals surface area contributed by atoms with E-state index in [1.807, 2.05) is 0 Å². The van der Waals surface area contributed by atoms with Crippen LogP contribution in [0.3, 0.4) is 0 Å². The van der Waals surface area contributed by atoms with Gasteiger partial charge in [-0.2, -0.15) is 0 Å². The third-order valence-corrected chi connectivity index (χ3v) is 12.2. The first-order valence-corrected chi connectivity index (χ1v) is 18.3. The molecule has 4 aliphatic rings. The van der Waals surface area contributed by atoms with Gasteiger partial charge in [-0.1, -0.05) is 40.0 Å². The molecule has 2 aliphatic heterocycles. The number of nitrogens with one attached hydrogen (secondary N) is 4. The number of fused-ring (bicyclic) bond motifs is 1. The number of hydrogen-bond acceptors (Lipinski definition) is 9. The van der Waals surface area contributed by atoms with Crippen molar-refractivity contribution in [1.82, 2.24) is 26.2 Å². The predicted octanol–water partition coefficient (Wildman–Crippen LogP) is 1.31. The minimum Gasteiger partial charge on any atom is -0.347 e. The van der Waals surface area contributed by atoms with Crippen molar-refractivity contribution >= 4 is 39.4 Å². The number of sulfone groups is 1. The van der Waals surface area contributed by atoms with Gasteiger partial charge < -0.3 is 35.6 Å². The normalized spacial score (nSPS) is 26.1. The van der Waals surface area contributed by atoms with E-state index >= 15 is 0 Å². The third-order valence-electron chi connectivity index (χ3n) is 9.36. The highest BCUT2D eigenvalue weighted by Crippen LogP contribution is 2.38. The molecule has 0 unspecified atom stereocenters. The third kappa shape index (κ3) is 8.83. The number of nitrogens with zero attached hydrogens (tertiary/aromatic N) is 1. The van der Waals surface area contributed by atoms with Gasteiger partial charge in [0.05, 0.1) is 29.1 Å². The minimum atomic E-state index is -3.58. The van der Waals surface area contributed by atoms with Crippen molar-refractivity contribution < 1.29 is 41.9 Å². The van der Waals surface area contributed by atoms with Crippen LogP contribution in [-0.4, -0.2) is 108 Å². The quantitative estimate of drug-likeness (QED) is 0.246. The van der Waals surface area contributed by atoms with E-state index in [4.69, 9.17) is 9.47 Å². The summed E-state index contributed by atoms with van der Waals surface area (Å²) in [6, 6.07) is -3.03. The number of ketones is 1. The lowest BCUT2D eigenvalue weighted by Gasteiger charge is -2.41. The van der Waals surface area contributed by atoms with Crippen molar-refractivity contribution in [3.8, 4) is 0 Å². The topological polar surface area (TPSA) is 189 Å². The molecule has 14 nitrogen and oxygen atoms in total. The molecule has 15 heteroatoms. The second-order valence-corrected chi connectivity index (χ2v) is 18.8. The first kappa shape index (κ1) is 37.0. The van der Waals surface area contributed by atoms with Crippen molar-refractivity contribution in [2.24, 2.45) is 5.41 Å². The zero-order valence-corrected chi connectivity index (χ0v) is 29.8. The molecule has 0 bridgehead atoms. The van der Waals surface area contributed by atoms with Gasteiger partial charge in [-0.3, -0.25) is 19.2 Å². The molecule has 4 rings (SSSR count). The van der Waals surface area contributed by atoms with E-state index in [0.29, 0.717) is 12.8 Å². The molecule has 4 fully saturated rings. The highest BCUT2D eigenvalue weighted by Gasteiger charge is 2.58. The summed E-state index contributed by atoms with van der Waals surface area (Å²) in [6.07, 6.45) is 3.53. The zero-order valence-electron chi connectivity index (χ0n) is 29.0. The Kier molecular flexibility index (Phi) is 10.5. The minimum absolute atomic E-state index is 0.00915. The average Bonchev–Trinajstić information content (AvgIpc) is 3.60. The number of amides is 5. The van der Waals surface area contributed by atoms with Gasteiger partial charge in [0.25, 0.3) is 5.91 Å². The highest BCUT2D eigenvalue weighted by molar-refractivity contribution is 7.92. The Morgan fingerprint density at radius 1 is 0.936 bits per heavy atom. The number of rotatable bonds is 10. The monoisotopic (exact) mass is 683 g/mol. The van der Waals surface area contributed by atoms with E-state index in [2.05, 4.69) is 21.3 Å². The Morgan fingerprint density at radius 3 is 2.11 bits per heavy atom. The molecule has 0 aromatic carbocycles. The SMILES string of the molecule is CC1(C)O[C@H]2[C@H](CN(C(=O)[C@@H](NC(=O)NC3(CS(=O)(=O)C(C)(C)C)CCCCC3)C(C)(C)C)[C@@H]2C(=O)NCC(=O)C(=O)NC2CC2)O1. The van der Waals surface area contributed by atoms with Crippen molar-refractivity contribution in [1.29, 1.82) is 0 Å². The van der Waals surface area contributed by atoms with Crippen LogP contribution in [-0.2, 0) is 38.5 Å². The Balaban J connectivity index is 1.52. The number of hydrogen-bond donors (Lipinski definition) is 4. The van der Waals surface area contributed by atoms with Crippen LogP contribution in [0.1, 0.15) is 100 Å². The van der Waals surface area contributed by atoms with Gasteiger partial charge in [0.15, 0.2) is 15.6 Å². The molecule has 0 aromatic heterocycles. The maximum atomic E-state index is 14.3. The summed E-state index contributed by atoms with van der Waals surface area (Å²) >= 11 is 0. The summed E-state index contributed by atoms with van der Waals surface area (Å²) in [4.78, 5) is 67.4. The van der Waals surface area contributed by atoms with Crippen molar-refractivity contribution in [2.75, 3.05) is 18.8 Å². The fourth-order valence-electron chi connectivity index (χ4n) is 6.46. The van der Waals surface area contributed by atoms with Gasteiger partial charge in [0.2, 0.25) is 17.6 Å². The molecule has 2 saturated carbocycles. The molecule has 0 spiro atoms. The molecule has 266 valence electrons. The van der Waals surface area contributed by atoms with Crippen LogP contribution in [0.4, 0.5) is 4.79 Å². The molecule has 0 radical (unpaired) electrons. The molecular formula is C32H53N5O9S. The van der Waals surface area contributed by atoms with Crippen molar-refractivity contribution in [3.63, 3.8) is 0 Å². The van der Waals surface area contributed by atoms with Gasteiger partial charge in [0.1, 0.15) is 24.3 Å². The Bertz CT molecular complexity index is 1360. The lowest BCUT2D eigenvalue weighted by Crippen LogP contribution is -2.64. The molecule has 4 atom stereocenters. The molecule has 4 N–H and O–H groups in total. The summed E-state index contributed by atoms with van der Waals surface area (Å²) in [7, 11) is -3.58. The van der Waals surface area contributed by atoms with Crippen LogP contribution in [0.25, 0.3) is 0 Å². The lowest BCUT2D eigenvalue weighted by molar-refractivity contribution is -0.171. The number of ether oxygens (including phenoxy) is 2. The molecular weight excluding hydrogens is 630 g/mol. The number of urea groups is 1. The van der Waals surface area contributed by atoms with Gasteiger partial charge in [0, 0.05) is 6.04 Å². The molecule has 2 saturated heterocycles. The zero-order chi connectivity index (χ0) is 35.2. The fraction of sp³-hybridized carbons (Fsp3) is 0.844. The molecule has 5 amide bonds. The van der Waals surface area contributed by atoms with Gasteiger partial charge in [-0.25, -0.2) is 13.2 Å². The smallest absolute Gasteiger partial charge is 0.315 e. The van der Waals surface area contributed by atoms with Crippen LogP contribution in [0.5, 0.6) is 0 Å². The lowest BCUT2D eigenvalue weighted by atomic mass is 9.83. The van der Waals surface area contributed by atoms with E-state index in [-0.39, 0.29) is 18.3 Å². The summed E-state index contributed by atoms with van der Waals surface area (Å²) in [6.45, 7) is 13.1. The van der Waals surface area contributed by atoms with Crippen LogP contribution in [0.2, 0.25) is 0 Å². The predicted molar refractivity (Wildman–Crippen MR) is 173 cm³/mol. The standard InChI is InChI=1S/C32H53N5O9S/c1-29(2,3)24(35-28(42)36-32(14-10-9-11-15-32)18-47(43,44)30(4,5)6)27(41)37-17-21-23(46-31(7,8)45-21)22(37)26(40)33-16-20(38)25(39)34-19-12-13-19/h19,21-24H,9-18H2,1-8H3,(H,33,40)(H,34,39)(H2,35,36,42)/t21-,22-,23-,24+/m0/s1. The molecule has 2 aliphatic carbocycles. The molecule has 0 aromatic rings. The number of likely N-dealkylation sites (tertiary alicyclic amines) is 1. The average molecular weight is 684 g/mol. The van der Waals surface area contributed by atoms with Crippen LogP contribution >= 0.6 is 0 Å². The fourth-order valence-corrected chi connectivity index (χ4v) is 7.98.